The second-order valence-electron chi connectivity index (χ2n) is 4.05. The number of benzene rings is 1. The average Bonchev–Trinajstić information content (AvgIpc) is 2.82. The molecule has 0 aliphatic rings. The van der Waals surface area contributed by atoms with Crippen LogP contribution in [-0.4, -0.2) is 38.8 Å². The van der Waals surface area contributed by atoms with Crippen LogP contribution >= 0.6 is 11.8 Å². The number of nitrogens with one attached hydrogen (secondary N) is 1. The molecule has 0 atom stereocenters. The first-order valence-electron chi connectivity index (χ1n) is 6.27. The summed E-state index contributed by atoms with van der Waals surface area (Å²) in [6, 6.07) is 7.36. The van der Waals surface area contributed by atoms with E-state index in [-0.39, 0.29) is 12.3 Å². The number of hydrogen-bond acceptors (Lipinski definition) is 5. The maximum atomic E-state index is 11.2. The van der Waals surface area contributed by atoms with Gasteiger partial charge in [0.1, 0.15) is 12.4 Å². The second kappa shape index (κ2) is 7.57. The molecule has 2 rings (SSSR count). The Balaban J connectivity index is 1.83. The number of rotatable bonds is 5. The Morgan fingerprint density at radius 2 is 2.38 bits per heavy atom. The van der Waals surface area contributed by atoms with Gasteiger partial charge in [-0.2, -0.15) is 0 Å². The van der Waals surface area contributed by atoms with E-state index in [0.717, 1.165) is 11.3 Å². The zero-order chi connectivity index (χ0) is 15.1. The summed E-state index contributed by atoms with van der Waals surface area (Å²) in [6.45, 7) is 0.326. The fraction of sp³-hybridized carbons (Fsp3) is 0.286. The maximum Gasteiger partial charge on any atom is 0.343 e. The first kappa shape index (κ1) is 15.2. The average molecular weight is 305 g/mol. The number of ether oxygens (including phenoxy) is 1. The van der Waals surface area contributed by atoms with Gasteiger partial charge >= 0.3 is 5.69 Å². The molecule has 0 unspecified atom stereocenters. The van der Waals surface area contributed by atoms with Gasteiger partial charge in [-0.1, -0.05) is 29.7 Å². The van der Waals surface area contributed by atoms with Crippen molar-refractivity contribution in [1.29, 1.82) is 0 Å². The molecular weight excluding hydrogens is 290 g/mol. The molecular formula is C14H15N3O3S. The van der Waals surface area contributed by atoms with E-state index in [0.29, 0.717) is 17.5 Å². The number of thioether (sulfide) groups is 1. The van der Waals surface area contributed by atoms with Crippen molar-refractivity contribution in [2.45, 2.75) is 5.16 Å². The van der Waals surface area contributed by atoms with Gasteiger partial charge in [0.05, 0.1) is 6.61 Å². The lowest BCUT2D eigenvalue weighted by Gasteiger charge is -2.05. The van der Waals surface area contributed by atoms with Crippen LogP contribution in [0.2, 0.25) is 0 Å². The van der Waals surface area contributed by atoms with Gasteiger partial charge in [-0.15, -0.1) is 5.10 Å². The van der Waals surface area contributed by atoms with Crippen molar-refractivity contribution in [1.82, 2.24) is 14.8 Å². The Morgan fingerprint density at radius 1 is 1.52 bits per heavy atom. The quantitative estimate of drug-likeness (QED) is 0.481. The molecule has 0 aliphatic carbocycles. The number of hydrogen-bond donors (Lipinski definition) is 2. The molecule has 110 valence electrons. The molecule has 1 heterocycles. The zero-order valence-electron chi connectivity index (χ0n) is 11.5. The van der Waals surface area contributed by atoms with Crippen LogP contribution in [0.5, 0.6) is 5.75 Å². The van der Waals surface area contributed by atoms with E-state index < -0.39 is 0 Å². The largest absolute Gasteiger partial charge is 0.493 e. The van der Waals surface area contributed by atoms with E-state index in [4.69, 9.17) is 9.84 Å². The third-order valence-corrected chi connectivity index (χ3v) is 3.56. The SMILES string of the molecule is Cn1c(SCCOc2cccc(C#CCO)c2)n[nH]c1=O. The van der Waals surface area contributed by atoms with Crippen LogP contribution in [0.4, 0.5) is 0 Å². The molecule has 0 bridgehead atoms. The molecule has 0 aliphatic heterocycles. The molecule has 1 aromatic heterocycles. The highest BCUT2D eigenvalue weighted by Gasteiger charge is 2.04. The van der Waals surface area contributed by atoms with Crippen molar-refractivity contribution < 1.29 is 9.84 Å². The van der Waals surface area contributed by atoms with Crippen molar-refractivity contribution in [2.24, 2.45) is 7.05 Å². The summed E-state index contributed by atoms with van der Waals surface area (Å²) >= 11 is 1.44. The fourth-order valence-electron chi connectivity index (χ4n) is 1.56. The van der Waals surface area contributed by atoms with Crippen molar-refractivity contribution in [2.75, 3.05) is 19.0 Å². The standard InChI is InChI=1S/C14H15N3O3S/c1-17-13(19)15-16-14(17)21-9-8-20-12-6-2-4-11(10-12)5-3-7-18/h2,4,6,10,18H,7-9H2,1H3,(H,15,19). The van der Waals surface area contributed by atoms with Crippen LogP contribution < -0.4 is 10.4 Å². The summed E-state index contributed by atoms with van der Waals surface area (Å²) in [5.41, 5.74) is 0.567. The lowest BCUT2D eigenvalue weighted by Crippen LogP contribution is -2.13. The third-order valence-electron chi connectivity index (χ3n) is 2.57. The Morgan fingerprint density at radius 3 is 3.10 bits per heavy atom. The lowest BCUT2D eigenvalue weighted by molar-refractivity contribution is 0.343. The minimum Gasteiger partial charge on any atom is -0.493 e. The summed E-state index contributed by atoms with van der Waals surface area (Å²) < 4.78 is 7.07. The predicted octanol–water partition coefficient (Wildman–Crippen LogP) is 0.623. The van der Waals surface area contributed by atoms with E-state index in [9.17, 15) is 4.79 Å². The Hall–Kier alpha value is -2.17. The molecule has 0 spiro atoms. The summed E-state index contributed by atoms with van der Waals surface area (Å²) in [4.78, 5) is 11.2. The topological polar surface area (TPSA) is 80.1 Å². The van der Waals surface area contributed by atoms with E-state index >= 15 is 0 Å². The van der Waals surface area contributed by atoms with Gasteiger partial charge < -0.3 is 9.84 Å². The summed E-state index contributed by atoms with van der Waals surface area (Å²) in [7, 11) is 1.67. The molecule has 0 saturated carbocycles. The number of aliphatic hydroxyl groups excluding tert-OH is 1. The molecule has 7 heteroatoms. The van der Waals surface area contributed by atoms with Crippen LogP contribution in [0.3, 0.4) is 0 Å². The van der Waals surface area contributed by atoms with Gasteiger partial charge in [-0.05, 0) is 18.2 Å². The second-order valence-corrected chi connectivity index (χ2v) is 5.12. The fourth-order valence-corrected chi connectivity index (χ4v) is 2.30. The minimum atomic E-state index is -0.228. The molecule has 6 nitrogen and oxygen atoms in total. The van der Waals surface area contributed by atoms with Crippen LogP contribution in [-0.2, 0) is 7.05 Å². The Labute approximate surface area is 126 Å². The molecule has 2 N–H and O–H groups in total. The summed E-state index contributed by atoms with van der Waals surface area (Å²) in [6.07, 6.45) is 0. The van der Waals surface area contributed by atoms with Gasteiger partial charge in [0.15, 0.2) is 5.16 Å². The number of nitrogens with zero attached hydrogens (tertiary/aromatic N) is 2. The predicted molar refractivity (Wildman–Crippen MR) is 80.5 cm³/mol. The number of aliphatic hydroxyl groups is 1. The first-order chi connectivity index (χ1) is 10.2. The van der Waals surface area contributed by atoms with Gasteiger partial charge in [-0.3, -0.25) is 4.57 Å². The van der Waals surface area contributed by atoms with Crippen molar-refractivity contribution in [3.05, 3.63) is 40.3 Å². The normalized spacial score (nSPS) is 10.0. The summed E-state index contributed by atoms with van der Waals surface area (Å²) in [5.74, 6) is 6.80. The highest BCUT2D eigenvalue weighted by atomic mass is 32.2. The molecule has 1 aromatic carbocycles. The maximum absolute atomic E-state index is 11.2. The molecule has 0 radical (unpaired) electrons. The van der Waals surface area contributed by atoms with Gasteiger partial charge in [0.2, 0.25) is 0 Å². The highest BCUT2D eigenvalue weighted by molar-refractivity contribution is 7.99. The number of H-pyrrole nitrogens is 1. The van der Waals surface area contributed by atoms with Crippen molar-refractivity contribution in [3.8, 4) is 17.6 Å². The third kappa shape index (κ3) is 4.41. The van der Waals surface area contributed by atoms with E-state index in [1.54, 1.807) is 7.05 Å². The van der Waals surface area contributed by atoms with E-state index in [2.05, 4.69) is 22.0 Å². The van der Waals surface area contributed by atoms with Crippen LogP contribution in [0.25, 0.3) is 0 Å². The Kier molecular flexibility index (Phi) is 5.49. The monoisotopic (exact) mass is 305 g/mol. The minimum absolute atomic E-state index is 0.163. The molecule has 0 amide bonds. The van der Waals surface area contributed by atoms with E-state index in [1.165, 1.54) is 16.3 Å². The van der Waals surface area contributed by atoms with Crippen LogP contribution in [0.1, 0.15) is 5.56 Å². The highest BCUT2D eigenvalue weighted by Crippen LogP contribution is 2.15. The summed E-state index contributed by atoms with van der Waals surface area (Å²) in [5, 5.41) is 15.6. The molecule has 21 heavy (non-hydrogen) atoms. The molecule has 2 aromatic rings. The zero-order valence-corrected chi connectivity index (χ0v) is 12.3. The Bertz CT molecular complexity index is 712. The van der Waals surface area contributed by atoms with Gasteiger partial charge in [-0.25, -0.2) is 9.89 Å². The van der Waals surface area contributed by atoms with Crippen molar-refractivity contribution in [3.63, 3.8) is 0 Å². The molecule has 0 fully saturated rings. The molecule has 0 saturated heterocycles. The van der Waals surface area contributed by atoms with Gasteiger partial charge in [0, 0.05) is 18.4 Å². The van der Waals surface area contributed by atoms with Crippen LogP contribution in [0, 0.1) is 11.8 Å². The van der Waals surface area contributed by atoms with Gasteiger partial charge in [0.25, 0.3) is 0 Å². The number of aromatic amines is 1. The lowest BCUT2D eigenvalue weighted by atomic mass is 10.2. The first-order valence-corrected chi connectivity index (χ1v) is 7.26. The van der Waals surface area contributed by atoms with Crippen molar-refractivity contribution >= 4 is 11.8 Å². The van der Waals surface area contributed by atoms with Crippen LogP contribution in [0.15, 0.2) is 34.2 Å². The van der Waals surface area contributed by atoms with E-state index in [1.807, 2.05) is 24.3 Å². The number of aromatic nitrogens is 3. The smallest absolute Gasteiger partial charge is 0.343 e.